The van der Waals surface area contributed by atoms with E-state index in [0.29, 0.717) is 22.1 Å². The summed E-state index contributed by atoms with van der Waals surface area (Å²) < 4.78 is 11.0. The number of amides is 1. The van der Waals surface area contributed by atoms with Crippen LogP contribution in [0, 0.1) is 11.3 Å². The quantitative estimate of drug-likeness (QED) is 0.610. The van der Waals surface area contributed by atoms with Gasteiger partial charge in [0.05, 0.1) is 12.1 Å². The van der Waals surface area contributed by atoms with Crippen molar-refractivity contribution in [2.75, 3.05) is 7.11 Å². The van der Waals surface area contributed by atoms with Crippen LogP contribution in [0.3, 0.4) is 0 Å². The smallest absolute Gasteiger partial charge is 0.259 e. The average Bonchev–Trinajstić information content (AvgIpc) is 2.59. The van der Waals surface area contributed by atoms with E-state index in [1.54, 1.807) is 24.3 Å². The first-order valence-corrected chi connectivity index (χ1v) is 7.87. The van der Waals surface area contributed by atoms with E-state index in [9.17, 15) is 4.79 Å². The van der Waals surface area contributed by atoms with E-state index in [4.69, 9.17) is 43.7 Å². The Kier molecular flexibility index (Phi) is 6.29. The number of nitriles is 1. The second-order valence-electron chi connectivity index (χ2n) is 4.95. The minimum absolute atomic E-state index is 0.192. The second-order valence-corrected chi connectivity index (χ2v) is 5.76. The van der Waals surface area contributed by atoms with Gasteiger partial charge in [-0.3, -0.25) is 4.79 Å². The third kappa shape index (κ3) is 4.66. The van der Waals surface area contributed by atoms with E-state index in [0.717, 1.165) is 5.56 Å². The number of rotatable bonds is 6. The summed E-state index contributed by atoms with van der Waals surface area (Å²) >= 11 is 12.4. The molecule has 0 atom stereocenters. The molecule has 25 heavy (non-hydrogen) atoms. The van der Waals surface area contributed by atoms with Crippen LogP contribution in [0.4, 0.5) is 0 Å². The van der Waals surface area contributed by atoms with Crippen LogP contribution >= 0.6 is 23.2 Å². The molecule has 0 saturated heterocycles. The average molecular weight is 377 g/mol. The Bertz CT molecular complexity index is 873. The van der Waals surface area contributed by atoms with E-state index in [1.165, 1.54) is 13.2 Å². The lowest BCUT2D eigenvalue weighted by Gasteiger charge is -2.14. The van der Waals surface area contributed by atoms with Gasteiger partial charge in [-0.25, -0.2) is 0 Å². The zero-order valence-corrected chi connectivity index (χ0v) is 14.8. The van der Waals surface area contributed by atoms with Crippen molar-refractivity contribution in [1.82, 2.24) is 0 Å². The first-order chi connectivity index (χ1) is 12.0. The molecule has 0 aliphatic rings. The number of ether oxygens (including phenoxy) is 2. The molecule has 2 aromatic rings. The predicted octanol–water partition coefficient (Wildman–Crippen LogP) is 3.97. The number of hydrogen-bond acceptors (Lipinski definition) is 4. The van der Waals surface area contributed by atoms with Crippen LogP contribution in [0.25, 0.3) is 6.08 Å². The third-order valence-corrected chi connectivity index (χ3v) is 3.93. The molecule has 7 heteroatoms. The van der Waals surface area contributed by atoms with Crippen LogP contribution < -0.4 is 15.2 Å². The number of nitrogens with zero attached hydrogens (tertiary/aromatic N) is 1. The molecule has 0 spiro atoms. The lowest BCUT2D eigenvalue weighted by atomic mass is 10.1. The van der Waals surface area contributed by atoms with Gasteiger partial charge in [0.2, 0.25) is 0 Å². The first kappa shape index (κ1) is 18.7. The molecular formula is C18H14Cl2N2O3. The molecular weight excluding hydrogens is 363 g/mol. The molecule has 2 aromatic carbocycles. The van der Waals surface area contributed by atoms with Crippen LogP contribution in [0.1, 0.15) is 11.1 Å². The Morgan fingerprint density at radius 2 is 2.00 bits per heavy atom. The summed E-state index contributed by atoms with van der Waals surface area (Å²) in [5.74, 6) is -0.136. The van der Waals surface area contributed by atoms with Crippen LogP contribution in [0.5, 0.6) is 11.5 Å². The van der Waals surface area contributed by atoms with Gasteiger partial charge in [0.1, 0.15) is 18.2 Å². The fourth-order valence-corrected chi connectivity index (χ4v) is 2.52. The summed E-state index contributed by atoms with van der Waals surface area (Å²) in [5, 5.41) is 9.77. The highest BCUT2D eigenvalue weighted by Gasteiger charge is 2.13. The molecule has 0 bridgehead atoms. The Hall–Kier alpha value is -2.68. The Morgan fingerprint density at radius 3 is 2.60 bits per heavy atom. The van der Waals surface area contributed by atoms with Gasteiger partial charge in [-0.1, -0.05) is 41.4 Å². The molecule has 2 rings (SSSR count). The SMILES string of the molecule is COc1cc(/C=C(\C#N)C(N)=O)cc(Cl)c1OCc1ccccc1Cl. The van der Waals surface area contributed by atoms with Crippen molar-refractivity contribution in [3.8, 4) is 17.6 Å². The molecule has 0 fully saturated rings. The van der Waals surface area contributed by atoms with Crippen molar-refractivity contribution in [3.05, 3.63) is 63.1 Å². The maximum absolute atomic E-state index is 11.2. The van der Waals surface area contributed by atoms with Crippen molar-refractivity contribution in [2.45, 2.75) is 6.61 Å². The zero-order valence-electron chi connectivity index (χ0n) is 13.3. The predicted molar refractivity (Wildman–Crippen MR) is 96.6 cm³/mol. The van der Waals surface area contributed by atoms with E-state index in [2.05, 4.69) is 0 Å². The number of carbonyl (C=O) groups excluding carboxylic acids is 1. The maximum atomic E-state index is 11.2. The third-order valence-electron chi connectivity index (χ3n) is 3.28. The highest BCUT2D eigenvalue weighted by atomic mass is 35.5. The number of hydrogen-bond donors (Lipinski definition) is 1. The van der Waals surface area contributed by atoms with Crippen LogP contribution in [0.15, 0.2) is 42.0 Å². The molecule has 0 aromatic heterocycles. The molecule has 5 nitrogen and oxygen atoms in total. The molecule has 2 N–H and O–H groups in total. The van der Waals surface area contributed by atoms with Gasteiger partial charge in [0.25, 0.3) is 5.91 Å². The van der Waals surface area contributed by atoms with Gasteiger partial charge in [-0.05, 0) is 29.8 Å². The van der Waals surface area contributed by atoms with Crippen molar-refractivity contribution in [3.63, 3.8) is 0 Å². The monoisotopic (exact) mass is 376 g/mol. The lowest BCUT2D eigenvalue weighted by molar-refractivity contribution is -0.114. The fourth-order valence-electron chi connectivity index (χ4n) is 2.05. The molecule has 1 amide bonds. The Balaban J connectivity index is 2.33. The van der Waals surface area contributed by atoms with E-state index in [1.807, 2.05) is 18.2 Å². The first-order valence-electron chi connectivity index (χ1n) is 7.11. The number of benzene rings is 2. The van der Waals surface area contributed by atoms with E-state index < -0.39 is 5.91 Å². The molecule has 0 aliphatic heterocycles. The minimum atomic E-state index is -0.823. The second kappa shape index (κ2) is 8.43. The van der Waals surface area contributed by atoms with Crippen molar-refractivity contribution >= 4 is 35.2 Å². The van der Waals surface area contributed by atoms with Gasteiger partial charge in [-0.2, -0.15) is 5.26 Å². The van der Waals surface area contributed by atoms with Gasteiger partial charge < -0.3 is 15.2 Å². The lowest BCUT2D eigenvalue weighted by Crippen LogP contribution is -2.12. The summed E-state index contributed by atoms with van der Waals surface area (Å²) in [6, 6.07) is 12.2. The standard InChI is InChI=1S/C18H14Cl2N2O3/c1-24-16-8-11(6-13(9-21)18(22)23)7-15(20)17(16)25-10-12-4-2-3-5-14(12)19/h2-8H,10H2,1H3,(H2,22,23)/b13-6+. The zero-order chi connectivity index (χ0) is 18.4. The largest absolute Gasteiger partial charge is 0.493 e. The molecule has 0 saturated carbocycles. The summed E-state index contributed by atoms with van der Waals surface area (Å²) in [6.45, 7) is 0.204. The van der Waals surface area contributed by atoms with Gasteiger partial charge in [0.15, 0.2) is 11.5 Å². The molecule has 0 unspecified atom stereocenters. The number of halogens is 2. The Morgan fingerprint density at radius 1 is 1.28 bits per heavy atom. The molecule has 0 heterocycles. The number of carbonyl (C=O) groups is 1. The van der Waals surface area contributed by atoms with Crippen molar-refractivity contribution < 1.29 is 14.3 Å². The molecule has 0 radical (unpaired) electrons. The van der Waals surface area contributed by atoms with Gasteiger partial charge in [0, 0.05) is 10.6 Å². The highest BCUT2D eigenvalue weighted by molar-refractivity contribution is 6.32. The number of nitrogens with two attached hydrogens (primary N) is 1. The summed E-state index contributed by atoms with van der Waals surface area (Å²) in [6.07, 6.45) is 1.33. The number of primary amides is 1. The summed E-state index contributed by atoms with van der Waals surface area (Å²) in [7, 11) is 1.46. The van der Waals surface area contributed by atoms with Gasteiger partial charge in [-0.15, -0.1) is 0 Å². The highest BCUT2D eigenvalue weighted by Crippen LogP contribution is 2.37. The van der Waals surface area contributed by atoms with Crippen LogP contribution in [-0.2, 0) is 11.4 Å². The summed E-state index contributed by atoms with van der Waals surface area (Å²) in [5.41, 5.74) is 6.22. The van der Waals surface area contributed by atoms with Crippen molar-refractivity contribution in [2.24, 2.45) is 5.73 Å². The topological polar surface area (TPSA) is 85.3 Å². The Labute approximate surface area is 155 Å². The van der Waals surface area contributed by atoms with Gasteiger partial charge >= 0.3 is 0 Å². The van der Waals surface area contributed by atoms with E-state index in [-0.39, 0.29) is 17.2 Å². The normalized spacial score (nSPS) is 10.9. The number of methoxy groups -OCH3 is 1. The van der Waals surface area contributed by atoms with Crippen LogP contribution in [0.2, 0.25) is 10.0 Å². The molecule has 0 aliphatic carbocycles. The molecule has 128 valence electrons. The van der Waals surface area contributed by atoms with E-state index >= 15 is 0 Å². The van der Waals surface area contributed by atoms with Crippen LogP contribution in [-0.4, -0.2) is 13.0 Å². The maximum Gasteiger partial charge on any atom is 0.259 e. The minimum Gasteiger partial charge on any atom is -0.493 e. The summed E-state index contributed by atoms with van der Waals surface area (Å²) in [4.78, 5) is 11.2. The fraction of sp³-hybridized carbons (Fsp3) is 0.111. The van der Waals surface area contributed by atoms with Crippen molar-refractivity contribution in [1.29, 1.82) is 5.26 Å².